The molecule has 2 nitrogen and oxygen atoms in total. The lowest BCUT2D eigenvalue weighted by molar-refractivity contribution is 0.586. The second-order valence-corrected chi connectivity index (χ2v) is 6.23. The number of benzene rings is 2. The van der Waals surface area contributed by atoms with Gasteiger partial charge in [-0.05, 0) is 42.5 Å². The van der Waals surface area contributed by atoms with Crippen molar-refractivity contribution in [1.82, 2.24) is 9.97 Å². The Morgan fingerprint density at radius 1 is 0.792 bits per heavy atom. The van der Waals surface area contributed by atoms with Crippen molar-refractivity contribution >= 4 is 21.6 Å². The van der Waals surface area contributed by atoms with E-state index in [2.05, 4.69) is 9.97 Å². The van der Waals surface area contributed by atoms with Gasteiger partial charge in [-0.3, -0.25) is 0 Å². The quantitative estimate of drug-likeness (QED) is 0.484. The van der Waals surface area contributed by atoms with Crippen LogP contribution >= 0.6 is 11.3 Å². The van der Waals surface area contributed by atoms with Crippen LogP contribution in [0.3, 0.4) is 0 Å². The number of hydrogen-bond donors (Lipinski definition) is 0. The van der Waals surface area contributed by atoms with Gasteiger partial charge in [0.05, 0.1) is 15.9 Å². The van der Waals surface area contributed by atoms with Crippen molar-refractivity contribution in [2.24, 2.45) is 0 Å². The topological polar surface area (TPSA) is 25.8 Å². The van der Waals surface area contributed by atoms with Gasteiger partial charge < -0.3 is 0 Å². The molecule has 0 bridgehead atoms. The van der Waals surface area contributed by atoms with E-state index >= 15 is 0 Å². The van der Waals surface area contributed by atoms with Crippen LogP contribution in [0.25, 0.3) is 31.9 Å². The van der Waals surface area contributed by atoms with Crippen LogP contribution in [0.15, 0.2) is 54.9 Å². The molecule has 0 aliphatic carbocycles. The molecule has 4 rings (SSSR count). The molecule has 24 heavy (non-hydrogen) atoms. The van der Waals surface area contributed by atoms with E-state index < -0.39 is 11.6 Å². The molecule has 0 unspecified atom stereocenters. The molecule has 0 radical (unpaired) electrons. The number of nitrogens with zero attached hydrogens (tertiary/aromatic N) is 2. The van der Waals surface area contributed by atoms with Crippen LogP contribution < -0.4 is 0 Å². The molecule has 2 aromatic carbocycles. The maximum absolute atomic E-state index is 14.0. The van der Waals surface area contributed by atoms with Crippen molar-refractivity contribution in [3.8, 4) is 21.7 Å². The second-order valence-electron chi connectivity index (χ2n) is 5.18. The smallest absolute Gasteiger partial charge is 0.134 e. The van der Waals surface area contributed by atoms with E-state index in [9.17, 15) is 13.2 Å². The average Bonchev–Trinajstić information content (AvgIpc) is 2.99. The van der Waals surface area contributed by atoms with Gasteiger partial charge >= 0.3 is 0 Å². The van der Waals surface area contributed by atoms with Gasteiger partial charge in [-0.1, -0.05) is 0 Å². The van der Waals surface area contributed by atoms with E-state index in [1.54, 1.807) is 18.2 Å². The minimum atomic E-state index is -0.627. The lowest BCUT2D eigenvalue weighted by Crippen LogP contribution is -1.85. The Morgan fingerprint density at radius 3 is 2.29 bits per heavy atom. The van der Waals surface area contributed by atoms with Gasteiger partial charge in [-0.15, -0.1) is 11.3 Å². The summed E-state index contributed by atoms with van der Waals surface area (Å²) in [6.07, 6.45) is 1.42. The Kier molecular flexibility index (Phi) is 3.54. The normalized spacial score (nSPS) is 11.1. The fraction of sp³-hybridized carbons (Fsp3) is 0. The Hall–Kier alpha value is -2.73. The summed E-state index contributed by atoms with van der Waals surface area (Å²) in [6, 6.07) is 11.2. The molecule has 4 aromatic rings. The van der Waals surface area contributed by atoms with Gasteiger partial charge in [-0.2, -0.15) is 0 Å². The highest BCUT2D eigenvalue weighted by atomic mass is 32.1. The molecule has 0 amide bonds. The van der Waals surface area contributed by atoms with Crippen molar-refractivity contribution in [2.75, 3.05) is 0 Å². The first-order valence-electron chi connectivity index (χ1n) is 7.08. The monoisotopic (exact) mass is 342 g/mol. The van der Waals surface area contributed by atoms with Crippen molar-refractivity contribution in [1.29, 1.82) is 0 Å². The molecule has 0 aliphatic rings. The summed E-state index contributed by atoms with van der Waals surface area (Å²) in [4.78, 5) is 9.11. The molecule has 0 saturated carbocycles. The Labute approximate surface area is 139 Å². The minimum absolute atomic E-state index is 0.310. The molecule has 0 spiro atoms. The Bertz CT molecular complexity index is 1040. The first-order valence-corrected chi connectivity index (χ1v) is 7.89. The predicted molar refractivity (Wildman–Crippen MR) is 88.2 cm³/mol. The summed E-state index contributed by atoms with van der Waals surface area (Å²) >= 11 is 1.31. The van der Waals surface area contributed by atoms with Crippen molar-refractivity contribution in [3.05, 3.63) is 72.3 Å². The highest BCUT2D eigenvalue weighted by Crippen LogP contribution is 2.38. The molecule has 0 N–H and O–H groups in total. The van der Waals surface area contributed by atoms with E-state index in [4.69, 9.17) is 0 Å². The number of thiophene rings is 1. The van der Waals surface area contributed by atoms with Gasteiger partial charge in [0.2, 0.25) is 0 Å². The third-order valence-corrected chi connectivity index (χ3v) is 4.79. The highest BCUT2D eigenvalue weighted by Gasteiger charge is 2.14. The number of rotatable bonds is 2. The van der Waals surface area contributed by atoms with Gasteiger partial charge in [0.15, 0.2) is 0 Å². The second kappa shape index (κ2) is 5.72. The highest BCUT2D eigenvalue weighted by molar-refractivity contribution is 7.22. The SMILES string of the molecule is Fc1ccc(-c2ncnc3cc(-c4ccc(F)cc4F)sc23)cc1. The number of halogens is 3. The van der Waals surface area contributed by atoms with E-state index in [1.807, 2.05) is 0 Å². The van der Waals surface area contributed by atoms with Gasteiger partial charge in [0.25, 0.3) is 0 Å². The predicted octanol–water partition coefficient (Wildman–Crippen LogP) is 5.44. The lowest BCUT2D eigenvalue weighted by atomic mass is 10.1. The summed E-state index contributed by atoms with van der Waals surface area (Å²) in [6.45, 7) is 0. The summed E-state index contributed by atoms with van der Waals surface area (Å²) in [7, 11) is 0. The third-order valence-electron chi connectivity index (χ3n) is 3.63. The van der Waals surface area contributed by atoms with Gasteiger partial charge in [0.1, 0.15) is 23.8 Å². The van der Waals surface area contributed by atoms with E-state index in [0.717, 1.165) is 16.3 Å². The Morgan fingerprint density at radius 2 is 1.54 bits per heavy atom. The first kappa shape index (κ1) is 14.8. The molecule has 0 aliphatic heterocycles. The maximum atomic E-state index is 14.0. The van der Waals surface area contributed by atoms with E-state index in [1.165, 1.54) is 41.9 Å². The van der Waals surface area contributed by atoms with Crippen LogP contribution in [-0.4, -0.2) is 9.97 Å². The summed E-state index contributed by atoms with van der Waals surface area (Å²) in [5.41, 5.74) is 2.37. The van der Waals surface area contributed by atoms with Gasteiger partial charge in [-0.25, -0.2) is 23.1 Å². The minimum Gasteiger partial charge on any atom is -0.235 e. The van der Waals surface area contributed by atoms with Crippen LogP contribution in [0.1, 0.15) is 0 Å². The zero-order valence-electron chi connectivity index (χ0n) is 12.1. The maximum Gasteiger partial charge on any atom is 0.134 e. The standard InChI is InChI=1S/C18H9F3N2S/c19-11-3-1-10(2-4-11)17-18-15(22-9-23-17)8-16(24-18)13-6-5-12(20)7-14(13)21/h1-9H. The average molecular weight is 342 g/mol. The van der Waals surface area contributed by atoms with Crippen LogP contribution in [0.2, 0.25) is 0 Å². The number of hydrogen-bond acceptors (Lipinski definition) is 3. The number of aromatic nitrogens is 2. The van der Waals surface area contributed by atoms with Crippen LogP contribution in [0.4, 0.5) is 13.2 Å². The molecule has 0 saturated heterocycles. The van der Waals surface area contributed by atoms with Crippen LogP contribution in [-0.2, 0) is 0 Å². The van der Waals surface area contributed by atoms with Crippen molar-refractivity contribution < 1.29 is 13.2 Å². The summed E-state index contributed by atoms with van der Waals surface area (Å²) < 4.78 is 41.0. The fourth-order valence-electron chi connectivity index (χ4n) is 2.49. The van der Waals surface area contributed by atoms with Crippen LogP contribution in [0.5, 0.6) is 0 Å². The van der Waals surface area contributed by atoms with E-state index in [-0.39, 0.29) is 5.82 Å². The molecule has 2 aromatic heterocycles. The van der Waals surface area contributed by atoms with Gasteiger partial charge in [0, 0.05) is 22.1 Å². The zero-order valence-corrected chi connectivity index (χ0v) is 12.9. The molecule has 0 fully saturated rings. The third kappa shape index (κ3) is 2.55. The largest absolute Gasteiger partial charge is 0.235 e. The van der Waals surface area contributed by atoms with Crippen molar-refractivity contribution in [2.45, 2.75) is 0 Å². The molecular formula is C18H9F3N2S. The summed E-state index contributed by atoms with van der Waals surface area (Å²) in [5, 5.41) is 0. The molecular weight excluding hydrogens is 333 g/mol. The molecule has 118 valence electrons. The summed E-state index contributed by atoms with van der Waals surface area (Å²) in [5.74, 6) is -1.58. The molecule has 2 heterocycles. The van der Waals surface area contributed by atoms with Crippen molar-refractivity contribution in [3.63, 3.8) is 0 Å². The zero-order chi connectivity index (χ0) is 16.7. The Balaban J connectivity index is 1.89. The first-order chi connectivity index (χ1) is 11.6. The lowest BCUT2D eigenvalue weighted by Gasteiger charge is -2.01. The molecule has 6 heteroatoms. The fourth-order valence-corrected chi connectivity index (χ4v) is 3.64. The molecule has 0 atom stereocenters. The van der Waals surface area contributed by atoms with Crippen LogP contribution in [0, 0.1) is 17.5 Å². The van der Waals surface area contributed by atoms with E-state index in [0.29, 0.717) is 21.7 Å². The number of fused-ring (bicyclic) bond motifs is 1.